The van der Waals surface area contributed by atoms with Crippen molar-refractivity contribution in [2.75, 3.05) is 27.4 Å². The Kier molecular flexibility index (Phi) is 7.09. The number of fused-ring (bicyclic) bond motifs is 1. The lowest BCUT2D eigenvalue weighted by molar-refractivity contribution is -0.140. The van der Waals surface area contributed by atoms with E-state index in [9.17, 15) is 9.59 Å². The zero-order valence-corrected chi connectivity index (χ0v) is 14.9. The van der Waals surface area contributed by atoms with Crippen molar-refractivity contribution in [3.8, 4) is 0 Å². The van der Waals surface area contributed by atoms with Crippen LogP contribution in [0, 0.1) is 0 Å². The van der Waals surface area contributed by atoms with Crippen molar-refractivity contribution in [1.29, 1.82) is 0 Å². The number of nitrogens with zero attached hydrogens (tertiary/aromatic N) is 2. The first-order valence-electron chi connectivity index (χ1n) is 8.37. The van der Waals surface area contributed by atoms with Crippen molar-refractivity contribution in [2.45, 2.75) is 32.4 Å². The van der Waals surface area contributed by atoms with Gasteiger partial charge in [0.2, 0.25) is 0 Å². The van der Waals surface area contributed by atoms with Crippen LogP contribution in [-0.4, -0.2) is 42.9 Å². The standard InChI is InChI=1S/C18H25N3O4/c1-13(19-10-12-24-2)17-20-15-8-5-4-7-14(15)18(23)21(17)11-6-9-16(22)25-3/h4-5,7-8,13,19H,6,9-12H2,1-3H3/t13-/m1/s1. The Hall–Kier alpha value is -2.25. The number of carbonyl (C=O) groups excluding carboxylic acids is 1. The smallest absolute Gasteiger partial charge is 0.305 e. The highest BCUT2D eigenvalue weighted by atomic mass is 16.5. The van der Waals surface area contributed by atoms with Crippen LogP contribution in [-0.2, 0) is 20.8 Å². The largest absolute Gasteiger partial charge is 0.469 e. The van der Waals surface area contributed by atoms with Crippen LogP contribution in [0.1, 0.15) is 31.6 Å². The fourth-order valence-electron chi connectivity index (χ4n) is 2.68. The van der Waals surface area contributed by atoms with E-state index in [0.717, 1.165) is 0 Å². The van der Waals surface area contributed by atoms with E-state index in [1.165, 1.54) is 7.11 Å². The van der Waals surface area contributed by atoms with Crippen LogP contribution in [0.25, 0.3) is 10.9 Å². The molecule has 7 heteroatoms. The third-order valence-electron chi connectivity index (χ3n) is 4.03. The second-order valence-corrected chi connectivity index (χ2v) is 5.79. The zero-order valence-electron chi connectivity index (χ0n) is 14.9. The van der Waals surface area contributed by atoms with Gasteiger partial charge in [-0.2, -0.15) is 0 Å². The van der Waals surface area contributed by atoms with Gasteiger partial charge < -0.3 is 14.8 Å². The summed E-state index contributed by atoms with van der Waals surface area (Å²) in [6.45, 7) is 3.60. The van der Waals surface area contributed by atoms with Gasteiger partial charge >= 0.3 is 5.97 Å². The van der Waals surface area contributed by atoms with E-state index in [1.807, 2.05) is 25.1 Å². The number of hydrogen-bond acceptors (Lipinski definition) is 6. The molecule has 0 unspecified atom stereocenters. The molecule has 0 saturated heterocycles. The van der Waals surface area contributed by atoms with Gasteiger partial charge in [0.1, 0.15) is 5.82 Å². The molecule has 0 radical (unpaired) electrons. The minimum Gasteiger partial charge on any atom is -0.469 e. The SMILES string of the molecule is COCCN[C@H](C)c1nc2ccccc2c(=O)n1CCCC(=O)OC. The summed E-state index contributed by atoms with van der Waals surface area (Å²) in [5, 5.41) is 3.88. The van der Waals surface area contributed by atoms with Crippen LogP contribution >= 0.6 is 0 Å². The highest BCUT2D eigenvalue weighted by Gasteiger charge is 2.16. The molecule has 1 aromatic carbocycles. The summed E-state index contributed by atoms with van der Waals surface area (Å²) in [7, 11) is 3.00. The van der Waals surface area contributed by atoms with Gasteiger partial charge in [-0.3, -0.25) is 14.2 Å². The number of para-hydroxylation sites is 1. The number of aromatic nitrogens is 2. The van der Waals surface area contributed by atoms with E-state index in [2.05, 4.69) is 15.0 Å². The predicted molar refractivity (Wildman–Crippen MR) is 95.5 cm³/mol. The summed E-state index contributed by atoms with van der Waals surface area (Å²) >= 11 is 0. The van der Waals surface area contributed by atoms with E-state index >= 15 is 0 Å². The Morgan fingerprint density at radius 1 is 1.32 bits per heavy atom. The molecule has 0 amide bonds. The summed E-state index contributed by atoms with van der Waals surface area (Å²) in [5.74, 6) is 0.374. The summed E-state index contributed by atoms with van der Waals surface area (Å²) in [4.78, 5) is 28.9. The third kappa shape index (κ3) is 4.87. The minimum absolute atomic E-state index is 0.0918. The molecule has 1 atom stereocenters. The molecule has 0 saturated carbocycles. The molecule has 1 heterocycles. The Labute approximate surface area is 147 Å². The van der Waals surface area contributed by atoms with Crippen LogP contribution in [0.2, 0.25) is 0 Å². The monoisotopic (exact) mass is 347 g/mol. The summed E-state index contributed by atoms with van der Waals surface area (Å²) in [6.07, 6.45) is 0.783. The lowest BCUT2D eigenvalue weighted by atomic mass is 10.2. The third-order valence-corrected chi connectivity index (χ3v) is 4.03. The van der Waals surface area contributed by atoms with Gasteiger partial charge in [-0.25, -0.2) is 4.98 Å². The molecule has 0 fully saturated rings. The van der Waals surface area contributed by atoms with Crippen molar-refractivity contribution in [2.24, 2.45) is 0 Å². The first kappa shape index (κ1) is 19.1. The molecule has 0 aliphatic rings. The molecule has 1 N–H and O–H groups in total. The topological polar surface area (TPSA) is 82.5 Å². The van der Waals surface area contributed by atoms with E-state index in [0.29, 0.717) is 42.8 Å². The number of ether oxygens (including phenoxy) is 2. The lowest BCUT2D eigenvalue weighted by Gasteiger charge is -2.19. The Morgan fingerprint density at radius 2 is 2.08 bits per heavy atom. The van der Waals surface area contributed by atoms with Crippen LogP contribution < -0.4 is 10.9 Å². The normalized spacial score (nSPS) is 12.3. The quantitative estimate of drug-likeness (QED) is 0.549. The fraction of sp³-hybridized carbons (Fsp3) is 0.500. The van der Waals surface area contributed by atoms with Gasteiger partial charge in [0, 0.05) is 26.6 Å². The van der Waals surface area contributed by atoms with Gasteiger partial charge in [-0.05, 0) is 25.5 Å². The second kappa shape index (κ2) is 9.29. The Bertz CT molecular complexity index is 772. The second-order valence-electron chi connectivity index (χ2n) is 5.79. The number of benzene rings is 1. The molecule has 0 spiro atoms. The maximum Gasteiger partial charge on any atom is 0.305 e. The van der Waals surface area contributed by atoms with Gasteiger partial charge in [0.15, 0.2) is 0 Å². The van der Waals surface area contributed by atoms with E-state index < -0.39 is 0 Å². The number of methoxy groups -OCH3 is 2. The first-order valence-corrected chi connectivity index (χ1v) is 8.37. The fourth-order valence-corrected chi connectivity index (χ4v) is 2.68. The highest BCUT2D eigenvalue weighted by molar-refractivity contribution is 5.77. The molecule has 2 rings (SSSR count). The molecular formula is C18H25N3O4. The molecule has 0 aliphatic heterocycles. The van der Waals surface area contributed by atoms with E-state index in [4.69, 9.17) is 4.74 Å². The minimum atomic E-state index is -0.283. The molecule has 136 valence electrons. The molecular weight excluding hydrogens is 322 g/mol. The number of esters is 1. The molecule has 7 nitrogen and oxygen atoms in total. The lowest BCUT2D eigenvalue weighted by Crippen LogP contribution is -2.32. The molecule has 25 heavy (non-hydrogen) atoms. The van der Waals surface area contributed by atoms with E-state index in [1.54, 1.807) is 17.7 Å². The van der Waals surface area contributed by atoms with Crippen LogP contribution in [0.4, 0.5) is 0 Å². The van der Waals surface area contributed by atoms with Gasteiger partial charge in [-0.1, -0.05) is 12.1 Å². The summed E-state index contributed by atoms with van der Waals surface area (Å²) in [6, 6.07) is 7.17. The average molecular weight is 347 g/mol. The Balaban J connectivity index is 2.33. The number of nitrogens with one attached hydrogen (secondary N) is 1. The Morgan fingerprint density at radius 3 is 2.80 bits per heavy atom. The van der Waals surface area contributed by atoms with Crippen LogP contribution in [0.3, 0.4) is 0 Å². The molecule has 0 bridgehead atoms. The maximum absolute atomic E-state index is 12.9. The van der Waals surface area contributed by atoms with Crippen LogP contribution in [0.15, 0.2) is 29.1 Å². The van der Waals surface area contributed by atoms with Crippen molar-refractivity contribution in [3.05, 3.63) is 40.4 Å². The molecule has 0 aliphatic carbocycles. The van der Waals surface area contributed by atoms with Gasteiger partial charge in [0.25, 0.3) is 5.56 Å². The molecule has 2 aromatic rings. The van der Waals surface area contributed by atoms with E-state index in [-0.39, 0.29) is 24.0 Å². The highest BCUT2D eigenvalue weighted by Crippen LogP contribution is 2.14. The van der Waals surface area contributed by atoms with Crippen LogP contribution in [0.5, 0.6) is 0 Å². The van der Waals surface area contributed by atoms with Crippen molar-refractivity contribution in [1.82, 2.24) is 14.9 Å². The van der Waals surface area contributed by atoms with Crippen molar-refractivity contribution < 1.29 is 14.3 Å². The number of rotatable bonds is 9. The molecule has 1 aromatic heterocycles. The predicted octanol–water partition coefficient (Wildman–Crippen LogP) is 1.65. The number of carbonyl (C=O) groups is 1. The maximum atomic E-state index is 12.9. The first-order chi connectivity index (χ1) is 12.1. The number of hydrogen-bond donors (Lipinski definition) is 1. The van der Waals surface area contributed by atoms with Crippen molar-refractivity contribution in [3.63, 3.8) is 0 Å². The average Bonchev–Trinajstić information content (AvgIpc) is 2.63. The van der Waals surface area contributed by atoms with Crippen molar-refractivity contribution >= 4 is 16.9 Å². The van der Waals surface area contributed by atoms with Gasteiger partial charge in [0.05, 0.1) is 30.7 Å². The van der Waals surface area contributed by atoms with Gasteiger partial charge in [-0.15, -0.1) is 0 Å². The summed E-state index contributed by atoms with van der Waals surface area (Å²) in [5.41, 5.74) is 0.581. The summed E-state index contributed by atoms with van der Waals surface area (Å²) < 4.78 is 11.4. The zero-order chi connectivity index (χ0) is 18.2.